The molecule has 4 aliphatic rings. The molecule has 1 spiro atoms. The fourth-order valence-electron chi connectivity index (χ4n) is 10.6. The highest BCUT2D eigenvalue weighted by Crippen LogP contribution is 2.53. The zero-order valence-corrected chi connectivity index (χ0v) is 36.2. The molecular weight excluding hydrogens is 801 g/mol. The number of imidazole rings is 1. The van der Waals surface area contributed by atoms with E-state index in [1.807, 2.05) is 18.3 Å². The molecule has 9 rings (SSSR count). The molecule has 4 N–H and O–H groups in total. The summed E-state index contributed by atoms with van der Waals surface area (Å²) in [6.45, 7) is 4.37. The number of carbonyl (C=O) groups excluding carboxylic acids is 4. The number of hydrogen-bond donors (Lipinski definition) is 4. The largest absolute Gasteiger partial charge is 0.453 e. The maximum atomic E-state index is 13.8. The number of rotatable bonds is 9. The van der Waals surface area contributed by atoms with Gasteiger partial charge in [0, 0.05) is 13.1 Å². The Balaban J connectivity index is 0.972. The number of likely N-dealkylation sites (tertiary alicyclic amines) is 2. The third kappa shape index (κ3) is 7.93. The summed E-state index contributed by atoms with van der Waals surface area (Å²) in [4.78, 5) is 83.5. The molecule has 0 bridgehead atoms. The molecule has 2 saturated heterocycles. The Kier molecular flexibility index (Phi) is 11.3. The Labute approximate surface area is 365 Å². The predicted octanol–water partition coefficient (Wildman–Crippen LogP) is 7.12. The van der Waals surface area contributed by atoms with Gasteiger partial charge in [-0.15, -0.1) is 0 Å². The average Bonchev–Trinajstić information content (AvgIpc) is 4.16. The predicted molar refractivity (Wildman–Crippen MR) is 237 cm³/mol. The molecule has 0 unspecified atom stereocenters. The Morgan fingerprint density at radius 1 is 0.714 bits per heavy atom. The number of carbonyl (C=O) groups is 4. The van der Waals surface area contributed by atoms with Crippen LogP contribution in [-0.2, 0) is 31.9 Å². The van der Waals surface area contributed by atoms with Crippen molar-refractivity contribution in [3.63, 3.8) is 0 Å². The van der Waals surface area contributed by atoms with Crippen molar-refractivity contribution in [1.29, 1.82) is 0 Å². The number of aromatic amines is 2. The standard InChI is InChI=1S/C48H54N8O7/c1-27(50-46(60)62-3)44(58)55-21-7-9-39(55)41-49-26-38(53-41)30-13-11-29(12-14-30)32-16-17-33(36-25-48(24-35(32)36)19-5-6-20-48)31-15-18-37-34(23-31)43(57)54-42(52-37)40-10-8-22-56(40)45(59)28(2)51-47(61)63-4/h11-18,23,26-28,39-40H,5-10,19-22,24-25H2,1-4H3,(H,49,53)(H,50,60)(H,51,61)(H,52,54,57)/t27-,28-,39-,40-/m0/s1. The van der Waals surface area contributed by atoms with E-state index in [4.69, 9.17) is 9.97 Å². The van der Waals surface area contributed by atoms with Gasteiger partial charge >= 0.3 is 12.2 Å². The van der Waals surface area contributed by atoms with Crippen LogP contribution < -0.4 is 16.2 Å². The van der Waals surface area contributed by atoms with Crippen LogP contribution >= 0.6 is 0 Å². The molecule has 1 saturated carbocycles. The van der Waals surface area contributed by atoms with Crippen LogP contribution in [0.1, 0.15) is 100 Å². The van der Waals surface area contributed by atoms with Gasteiger partial charge in [-0.05, 0) is 122 Å². The molecule has 2 aromatic heterocycles. The fourth-order valence-corrected chi connectivity index (χ4v) is 10.6. The molecule has 4 amide bonds. The number of benzene rings is 3. The Bertz CT molecular complexity index is 2650. The van der Waals surface area contributed by atoms with Crippen molar-refractivity contribution in [3.8, 4) is 33.5 Å². The summed E-state index contributed by atoms with van der Waals surface area (Å²) in [6.07, 6.45) is 10.4. The van der Waals surface area contributed by atoms with Crippen molar-refractivity contribution in [2.75, 3.05) is 27.3 Å². The molecule has 2 aliphatic carbocycles. The molecule has 328 valence electrons. The van der Waals surface area contributed by atoms with Gasteiger partial charge in [0.25, 0.3) is 5.56 Å². The number of nitrogens with zero attached hydrogens (tertiary/aromatic N) is 4. The third-order valence-corrected chi connectivity index (χ3v) is 13.8. The monoisotopic (exact) mass is 854 g/mol. The van der Waals surface area contributed by atoms with Crippen molar-refractivity contribution in [3.05, 3.63) is 93.9 Å². The zero-order chi connectivity index (χ0) is 44.0. The number of aromatic nitrogens is 4. The van der Waals surface area contributed by atoms with Gasteiger partial charge in [-0.25, -0.2) is 19.6 Å². The summed E-state index contributed by atoms with van der Waals surface area (Å²) in [5.74, 6) is 0.735. The quantitative estimate of drug-likeness (QED) is 0.120. The molecule has 3 fully saturated rings. The lowest BCUT2D eigenvalue weighted by Crippen LogP contribution is -2.47. The van der Waals surface area contributed by atoms with Crippen molar-refractivity contribution >= 4 is 34.9 Å². The highest BCUT2D eigenvalue weighted by atomic mass is 16.5. The molecule has 0 radical (unpaired) electrons. The summed E-state index contributed by atoms with van der Waals surface area (Å²) in [7, 11) is 2.53. The van der Waals surface area contributed by atoms with Crippen LogP contribution in [0, 0.1) is 5.41 Å². The van der Waals surface area contributed by atoms with Crippen LogP contribution in [0.15, 0.2) is 65.6 Å². The summed E-state index contributed by atoms with van der Waals surface area (Å²) in [6, 6.07) is 16.8. The van der Waals surface area contributed by atoms with Gasteiger partial charge in [-0.2, -0.15) is 0 Å². The van der Waals surface area contributed by atoms with Crippen LogP contribution in [0.5, 0.6) is 0 Å². The van der Waals surface area contributed by atoms with E-state index in [-0.39, 0.29) is 28.8 Å². The van der Waals surface area contributed by atoms with Crippen molar-refractivity contribution in [2.24, 2.45) is 5.41 Å². The molecule has 2 aliphatic heterocycles. The Morgan fingerprint density at radius 3 is 1.84 bits per heavy atom. The van der Waals surface area contributed by atoms with Crippen molar-refractivity contribution < 1.29 is 28.7 Å². The number of amides is 4. The minimum atomic E-state index is -0.788. The summed E-state index contributed by atoms with van der Waals surface area (Å²) < 4.78 is 9.36. The van der Waals surface area contributed by atoms with Gasteiger partial charge in [0.15, 0.2) is 0 Å². The number of alkyl carbamates (subject to hydrolysis) is 2. The Hall–Kier alpha value is -6.51. The van der Waals surface area contributed by atoms with E-state index in [1.54, 1.807) is 23.6 Å². The van der Waals surface area contributed by atoms with E-state index >= 15 is 0 Å². The molecule has 15 heteroatoms. The molecule has 4 heterocycles. The van der Waals surface area contributed by atoms with Gasteiger partial charge in [0.2, 0.25) is 11.8 Å². The smallest absolute Gasteiger partial charge is 0.407 e. The molecule has 15 nitrogen and oxygen atoms in total. The maximum absolute atomic E-state index is 13.8. The first kappa shape index (κ1) is 41.8. The van der Waals surface area contributed by atoms with E-state index in [0.717, 1.165) is 65.9 Å². The number of H-pyrrole nitrogens is 2. The van der Waals surface area contributed by atoms with Gasteiger partial charge in [0.05, 0.1) is 49.1 Å². The van der Waals surface area contributed by atoms with Crippen molar-refractivity contribution in [1.82, 2.24) is 40.4 Å². The van der Waals surface area contributed by atoms with Gasteiger partial charge in [0.1, 0.15) is 23.7 Å². The lowest BCUT2D eigenvalue weighted by atomic mass is 9.82. The van der Waals surface area contributed by atoms with Gasteiger partial charge < -0.3 is 39.9 Å². The van der Waals surface area contributed by atoms with Crippen LogP contribution in [0.3, 0.4) is 0 Å². The van der Waals surface area contributed by atoms with Gasteiger partial charge in [-0.1, -0.05) is 55.3 Å². The van der Waals surface area contributed by atoms with E-state index in [2.05, 4.69) is 72.5 Å². The third-order valence-electron chi connectivity index (χ3n) is 13.8. The van der Waals surface area contributed by atoms with Crippen LogP contribution in [0.4, 0.5) is 9.59 Å². The highest BCUT2D eigenvalue weighted by Gasteiger charge is 2.42. The summed E-state index contributed by atoms with van der Waals surface area (Å²) in [5, 5.41) is 5.62. The van der Waals surface area contributed by atoms with Crippen LogP contribution in [-0.4, -0.2) is 93.1 Å². The van der Waals surface area contributed by atoms with E-state index in [0.29, 0.717) is 36.2 Å². The van der Waals surface area contributed by atoms with E-state index in [9.17, 15) is 24.0 Å². The maximum Gasteiger partial charge on any atom is 0.407 e. The number of fused-ring (bicyclic) bond motifs is 2. The first-order chi connectivity index (χ1) is 30.5. The number of nitrogens with one attached hydrogen (secondary N) is 4. The second kappa shape index (κ2) is 17.0. The molecule has 5 aromatic rings. The highest BCUT2D eigenvalue weighted by molar-refractivity contribution is 5.88. The first-order valence-electron chi connectivity index (χ1n) is 22.1. The topological polar surface area (TPSA) is 192 Å². The molecule has 3 aromatic carbocycles. The van der Waals surface area contributed by atoms with E-state index in [1.165, 1.54) is 56.6 Å². The lowest BCUT2D eigenvalue weighted by molar-refractivity contribution is -0.134. The van der Waals surface area contributed by atoms with Crippen LogP contribution in [0.2, 0.25) is 0 Å². The minimum Gasteiger partial charge on any atom is -0.453 e. The van der Waals surface area contributed by atoms with Crippen LogP contribution in [0.25, 0.3) is 44.4 Å². The molecule has 4 atom stereocenters. The lowest BCUT2D eigenvalue weighted by Gasteiger charge is -2.27. The average molecular weight is 855 g/mol. The number of methoxy groups -OCH3 is 2. The fraction of sp³-hybridized carbons (Fsp3) is 0.438. The molecule has 63 heavy (non-hydrogen) atoms. The van der Waals surface area contributed by atoms with Crippen molar-refractivity contribution in [2.45, 2.75) is 102 Å². The molecular formula is C48H54N8O7. The summed E-state index contributed by atoms with van der Waals surface area (Å²) >= 11 is 0. The number of hydrogen-bond acceptors (Lipinski definition) is 9. The van der Waals surface area contributed by atoms with Gasteiger partial charge in [-0.3, -0.25) is 14.4 Å². The SMILES string of the molecule is COC(=O)N[C@@H](C)C(=O)N1CCC[C@H]1c1ncc(-c2ccc(-c3ccc(-c4ccc5nc([C@@H]6CCCN6C(=O)[C@H](C)NC(=O)OC)[nH]c(=O)c5c4)c4c3CC3(CCCC3)C4)cc2)[nH]1. The zero-order valence-electron chi connectivity index (χ0n) is 36.2. The Morgan fingerprint density at radius 2 is 1.25 bits per heavy atom. The first-order valence-corrected chi connectivity index (χ1v) is 22.1. The second-order valence-electron chi connectivity index (χ2n) is 17.7. The van der Waals surface area contributed by atoms with E-state index < -0.39 is 30.3 Å². The minimum absolute atomic E-state index is 0.172. The number of ether oxygens (including phenoxy) is 2. The second-order valence-corrected chi connectivity index (χ2v) is 17.7. The summed E-state index contributed by atoms with van der Waals surface area (Å²) in [5.41, 5.74) is 9.60. The normalized spacial score (nSPS) is 19.9.